The largest absolute Gasteiger partial charge is 0.359 e. The second kappa shape index (κ2) is 2.54. The number of nitrogens with zero attached hydrogens (tertiary/aromatic N) is 1. The smallest absolute Gasteiger partial charge is 0.257 e. The summed E-state index contributed by atoms with van der Waals surface area (Å²) < 4.78 is 0. The first-order valence-electron chi connectivity index (χ1n) is 3.24. The number of hydrogen-bond acceptors (Lipinski definition) is 2. The number of amides is 1. The average Bonchev–Trinajstić information content (AvgIpc) is 2.55. The van der Waals surface area contributed by atoms with Crippen LogP contribution in [0.1, 0.15) is 5.69 Å². The second-order valence-electron chi connectivity index (χ2n) is 2.18. The third kappa shape index (κ3) is 1.21. The third-order valence-corrected chi connectivity index (χ3v) is 2.36. The molecule has 0 atom stereocenters. The number of aliphatic imine (C=N–C) groups is 1. The number of aromatic nitrogens is 1. The minimum atomic E-state index is -0.0420. The predicted octanol–water partition coefficient (Wildman–Crippen LogP) is 1.03. The molecule has 0 radical (unpaired) electrons. The SMILES string of the molecule is O=C1CSC(c2ccc[nH]2)=N1. The molecule has 11 heavy (non-hydrogen) atoms. The van der Waals surface area contributed by atoms with Gasteiger partial charge in [-0.15, -0.1) is 0 Å². The zero-order valence-electron chi connectivity index (χ0n) is 5.70. The molecule has 4 heteroatoms. The molecule has 1 aromatic heterocycles. The highest BCUT2D eigenvalue weighted by Gasteiger charge is 2.16. The number of nitrogens with one attached hydrogen (secondary N) is 1. The van der Waals surface area contributed by atoms with Crippen LogP contribution in [0.2, 0.25) is 0 Å². The monoisotopic (exact) mass is 166 g/mol. The second-order valence-corrected chi connectivity index (χ2v) is 3.15. The summed E-state index contributed by atoms with van der Waals surface area (Å²) in [5, 5.41) is 0.806. The lowest BCUT2D eigenvalue weighted by molar-refractivity contribution is -0.115. The summed E-state index contributed by atoms with van der Waals surface area (Å²) in [5.74, 6) is 0.438. The lowest BCUT2D eigenvalue weighted by Crippen LogP contribution is -1.90. The van der Waals surface area contributed by atoms with Crippen LogP contribution in [-0.4, -0.2) is 21.7 Å². The molecular weight excluding hydrogens is 160 g/mol. The minimum Gasteiger partial charge on any atom is -0.359 e. The molecule has 0 aliphatic carbocycles. The maximum atomic E-state index is 10.7. The number of aromatic amines is 1. The molecule has 0 saturated heterocycles. The topological polar surface area (TPSA) is 45.2 Å². The van der Waals surface area contributed by atoms with Crippen LogP contribution in [0.25, 0.3) is 0 Å². The summed E-state index contributed by atoms with van der Waals surface area (Å²) in [6.07, 6.45) is 1.82. The highest BCUT2D eigenvalue weighted by molar-refractivity contribution is 8.15. The van der Waals surface area contributed by atoms with Crippen molar-refractivity contribution < 1.29 is 4.79 Å². The van der Waals surface area contributed by atoms with Crippen LogP contribution in [0, 0.1) is 0 Å². The van der Waals surface area contributed by atoms with Crippen molar-refractivity contribution in [1.82, 2.24) is 4.98 Å². The molecule has 1 N–H and O–H groups in total. The zero-order chi connectivity index (χ0) is 7.68. The number of thioether (sulfide) groups is 1. The molecule has 0 fully saturated rings. The van der Waals surface area contributed by atoms with Gasteiger partial charge in [-0.2, -0.15) is 0 Å². The first-order valence-corrected chi connectivity index (χ1v) is 4.23. The van der Waals surface area contributed by atoms with E-state index in [1.165, 1.54) is 11.8 Å². The molecule has 56 valence electrons. The molecule has 1 aliphatic heterocycles. The van der Waals surface area contributed by atoms with Crippen molar-refractivity contribution >= 4 is 22.7 Å². The molecule has 1 aliphatic rings. The van der Waals surface area contributed by atoms with E-state index in [2.05, 4.69) is 9.98 Å². The van der Waals surface area contributed by atoms with Gasteiger partial charge in [0.05, 0.1) is 11.4 Å². The Hall–Kier alpha value is -1.03. The number of rotatable bonds is 1. The van der Waals surface area contributed by atoms with Crippen molar-refractivity contribution in [2.24, 2.45) is 4.99 Å². The molecule has 2 rings (SSSR count). The Bertz CT molecular complexity index is 302. The molecule has 1 aromatic rings. The molecule has 0 unspecified atom stereocenters. The van der Waals surface area contributed by atoms with E-state index >= 15 is 0 Å². The van der Waals surface area contributed by atoms with Gasteiger partial charge in [-0.3, -0.25) is 4.79 Å². The summed E-state index contributed by atoms with van der Waals surface area (Å²) >= 11 is 1.48. The first kappa shape index (κ1) is 6.67. The number of carbonyl (C=O) groups excluding carboxylic acids is 1. The van der Waals surface area contributed by atoms with Crippen LogP contribution in [0.5, 0.6) is 0 Å². The van der Waals surface area contributed by atoms with E-state index in [-0.39, 0.29) is 5.91 Å². The lowest BCUT2D eigenvalue weighted by atomic mass is 10.5. The zero-order valence-corrected chi connectivity index (χ0v) is 6.52. The van der Waals surface area contributed by atoms with Crippen LogP contribution < -0.4 is 0 Å². The fourth-order valence-corrected chi connectivity index (χ4v) is 1.68. The summed E-state index contributed by atoms with van der Waals surface area (Å²) in [5.41, 5.74) is 0.931. The van der Waals surface area contributed by atoms with Gasteiger partial charge in [0.15, 0.2) is 0 Å². The number of carbonyl (C=O) groups is 1. The van der Waals surface area contributed by atoms with Crippen molar-refractivity contribution in [2.45, 2.75) is 0 Å². The molecular formula is C7H6N2OS. The number of hydrogen-bond donors (Lipinski definition) is 1. The summed E-state index contributed by atoms with van der Waals surface area (Å²) in [6, 6.07) is 3.80. The molecule has 0 spiro atoms. The van der Waals surface area contributed by atoms with Gasteiger partial charge in [0.2, 0.25) is 0 Å². The van der Waals surface area contributed by atoms with E-state index in [0.717, 1.165) is 10.7 Å². The molecule has 1 amide bonds. The fraction of sp³-hybridized carbons (Fsp3) is 0.143. The van der Waals surface area contributed by atoms with Gasteiger partial charge in [-0.05, 0) is 12.1 Å². The first-order chi connectivity index (χ1) is 5.36. The minimum absolute atomic E-state index is 0.0420. The molecule has 2 heterocycles. The Balaban J connectivity index is 2.31. The van der Waals surface area contributed by atoms with Crippen LogP contribution in [0.15, 0.2) is 23.3 Å². The van der Waals surface area contributed by atoms with E-state index in [1.54, 1.807) is 0 Å². The third-order valence-electron chi connectivity index (χ3n) is 1.39. The van der Waals surface area contributed by atoms with Crippen molar-refractivity contribution in [3.05, 3.63) is 24.0 Å². The predicted molar refractivity (Wildman–Crippen MR) is 44.8 cm³/mol. The van der Waals surface area contributed by atoms with Crippen LogP contribution in [0.3, 0.4) is 0 Å². The summed E-state index contributed by atoms with van der Waals surface area (Å²) in [4.78, 5) is 17.6. The Kier molecular flexibility index (Phi) is 1.54. The van der Waals surface area contributed by atoms with Gasteiger partial charge in [0.1, 0.15) is 5.04 Å². The maximum Gasteiger partial charge on any atom is 0.257 e. The molecule has 0 saturated carbocycles. The molecule has 0 aromatic carbocycles. The van der Waals surface area contributed by atoms with Crippen molar-refractivity contribution in [1.29, 1.82) is 0 Å². The van der Waals surface area contributed by atoms with E-state index in [1.807, 2.05) is 18.3 Å². The summed E-state index contributed by atoms with van der Waals surface area (Å²) in [7, 11) is 0. The Labute approximate surface area is 67.9 Å². The normalized spacial score (nSPS) is 17.1. The van der Waals surface area contributed by atoms with Crippen LogP contribution in [0.4, 0.5) is 0 Å². The van der Waals surface area contributed by atoms with E-state index in [4.69, 9.17) is 0 Å². The van der Waals surface area contributed by atoms with Crippen molar-refractivity contribution in [3.8, 4) is 0 Å². The number of H-pyrrole nitrogens is 1. The van der Waals surface area contributed by atoms with E-state index in [0.29, 0.717) is 5.75 Å². The standard InChI is InChI=1S/C7H6N2OS/c10-6-4-11-7(9-6)5-2-1-3-8-5/h1-3,8H,4H2. The van der Waals surface area contributed by atoms with Crippen molar-refractivity contribution in [2.75, 3.05) is 5.75 Å². The quantitative estimate of drug-likeness (QED) is 0.677. The Morgan fingerprint density at radius 2 is 2.55 bits per heavy atom. The molecule has 3 nitrogen and oxygen atoms in total. The highest BCUT2D eigenvalue weighted by Crippen LogP contribution is 2.18. The maximum absolute atomic E-state index is 10.7. The van der Waals surface area contributed by atoms with Gasteiger partial charge < -0.3 is 4.98 Å². The molecule has 0 bridgehead atoms. The van der Waals surface area contributed by atoms with Crippen LogP contribution in [-0.2, 0) is 4.79 Å². The summed E-state index contributed by atoms with van der Waals surface area (Å²) in [6.45, 7) is 0. The Morgan fingerprint density at radius 1 is 1.64 bits per heavy atom. The van der Waals surface area contributed by atoms with Crippen LogP contribution >= 0.6 is 11.8 Å². The van der Waals surface area contributed by atoms with Crippen molar-refractivity contribution in [3.63, 3.8) is 0 Å². The van der Waals surface area contributed by atoms with Gasteiger partial charge in [-0.25, -0.2) is 4.99 Å². The fourth-order valence-electron chi connectivity index (χ4n) is 0.909. The van der Waals surface area contributed by atoms with Gasteiger partial charge in [0, 0.05) is 6.20 Å². The van der Waals surface area contributed by atoms with E-state index < -0.39 is 0 Å². The van der Waals surface area contributed by atoms with Gasteiger partial charge in [0.25, 0.3) is 5.91 Å². The van der Waals surface area contributed by atoms with Gasteiger partial charge >= 0.3 is 0 Å². The van der Waals surface area contributed by atoms with Gasteiger partial charge in [-0.1, -0.05) is 11.8 Å². The lowest BCUT2D eigenvalue weighted by Gasteiger charge is -1.90. The Morgan fingerprint density at radius 3 is 3.09 bits per heavy atom. The highest BCUT2D eigenvalue weighted by atomic mass is 32.2. The van der Waals surface area contributed by atoms with E-state index in [9.17, 15) is 4.79 Å². The average molecular weight is 166 g/mol.